The maximum Gasteiger partial charge on any atom is 0.261 e. The molecule has 84 valence electrons. The van der Waals surface area contributed by atoms with Gasteiger partial charge >= 0.3 is 0 Å². The van der Waals surface area contributed by atoms with Crippen LogP contribution >= 0.6 is 11.6 Å². The maximum atomic E-state index is 13.3. The van der Waals surface area contributed by atoms with E-state index < -0.39 is 5.82 Å². The highest BCUT2D eigenvalue weighted by Gasteiger charge is 2.17. The Kier molecular flexibility index (Phi) is 3.14. The molecule has 0 saturated heterocycles. The van der Waals surface area contributed by atoms with Gasteiger partial charge in [-0.05, 0) is 12.5 Å². The summed E-state index contributed by atoms with van der Waals surface area (Å²) < 4.78 is 18.3. The van der Waals surface area contributed by atoms with Crippen molar-refractivity contribution in [1.29, 1.82) is 0 Å². The smallest absolute Gasteiger partial charge is 0.261 e. The lowest BCUT2D eigenvalue weighted by molar-refractivity contribution is 0.419. The molecule has 0 N–H and O–H groups in total. The topological polar surface area (TPSA) is 51.8 Å². The van der Waals surface area contributed by atoms with E-state index in [2.05, 4.69) is 15.1 Å². The van der Waals surface area contributed by atoms with Crippen molar-refractivity contribution in [2.75, 3.05) is 0 Å². The molecule has 2 heterocycles. The molecule has 0 bridgehead atoms. The molecule has 0 aliphatic rings. The molecule has 4 nitrogen and oxygen atoms in total. The molecule has 2 aromatic rings. The minimum absolute atomic E-state index is 0.119. The molecule has 2 rings (SSSR count). The first-order valence-electron chi connectivity index (χ1n) is 4.80. The van der Waals surface area contributed by atoms with Crippen LogP contribution in [0.3, 0.4) is 0 Å². The monoisotopic (exact) mass is 241 g/mol. The van der Waals surface area contributed by atoms with E-state index in [1.165, 1.54) is 12.3 Å². The number of alkyl halides is 1. The summed E-state index contributed by atoms with van der Waals surface area (Å²) in [5, 5.41) is 3.38. The van der Waals surface area contributed by atoms with Crippen molar-refractivity contribution in [2.45, 2.75) is 18.7 Å². The fourth-order valence-electron chi connectivity index (χ4n) is 1.20. The minimum Gasteiger partial charge on any atom is -0.334 e. The summed E-state index contributed by atoms with van der Waals surface area (Å²) in [5.41, 5.74) is 0.230. The van der Waals surface area contributed by atoms with Gasteiger partial charge in [-0.2, -0.15) is 4.98 Å². The molecule has 0 aliphatic carbocycles. The van der Waals surface area contributed by atoms with Crippen molar-refractivity contribution < 1.29 is 8.91 Å². The quantitative estimate of drug-likeness (QED) is 0.776. The number of nitrogens with zero attached hydrogens (tertiary/aromatic N) is 3. The highest BCUT2D eigenvalue weighted by atomic mass is 35.5. The Morgan fingerprint density at radius 3 is 3.06 bits per heavy atom. The Balaban J connectivity index is 2.35. The van der Waals surface area contributed by atoms with E-state index >= 15 is 0 Å². The number of hydrogen-bond donors (Lipinski definition) is 0. The normalized spacial score (nSPS) is 12.7. The van der Waals surface area contributed by atoms with Gasteiger partial charge < -0.3 is 4.52 Å². The Morgan fingerprint density at radius 1 is 1.56 bits per heavy atom. The molecule has 0 radical (unpaired) electrons. The molecule has 1 atom stereocenters. The van der Waals surface area contributed by atoms with Gasteiger partial charge in [0.2, 0.25) is 0 Å². The van der Waals surface area contributed by atoms with Crippen molar-refractivity contribution in [2.24, 2.45) is 0 Å². The molecule has 1 unspecified atom stereocenters. The second-order valence-corrected chi connectivity index (χ2v) is 3.72. The minimum atomic E-state index is -0.500. The first kappa shape index (κ1) is 11.0. The largest absolute Gasteiger partial charge is 0.334 e. The fraction of sp³-hybridized carbons (Fsp3) is 0.300. The van der Waals surface area contributed by atoms with Crippen LogP contribution in [-0.2, 0) is 0 Å². The molecule has 0 aromatic carbocycles. The zero-order valence-corrected chi connectivity index (χ0v) is 9.28. The van der Waals surface area contributed by atoms with Crippen molar-refractivity contribution in [3.05, 3.63) is 30.1 Å². The van der Waals surface area contributed by atoms with Crippen LogP contribution in [0, 0.1) is 5.82 Å². The van der Waals surface area contributed by atoms with Crippen molar-refractivity contribution in [1.82, 2.24) is 15.1 Å². The average molecular weight is 242 g/mol. The maximum absolute atomic E-state index is 13.3. The molecule has 0 aliphatic heterocycles. The van der Waals surface area contributed by atoms with E-state index in [4.69, 9.17) is 16.1 Å². The van der Waals surface area contributed by atoms with Gasteiger partial charge in [0.1, 0.15) is 0 Å². The summed E-state index contributed by atoms with van der Waals surface area (Å²) in [6.07, 6.45) is 3.23. The van der Waals surface area contributed by atoms with Gasteiger partial charge in [0, 0.05) is 6.20 Å². The van der Waals surface area contributed by atoms with E-state index in [1.807, 2.05) is 6.92 Å². The fourth-order valence-corrected chi connectivity index (χ4v) is 1.29. The highest BCUT2D eigenvalue weighted by molar-refractivity contribution is 6.20. The molecule has 16 heavy (non-hydrogen) atoms. The summed E-state index contributed by atoms with van der Waals surface area (Å²) >= 11 is 5.94. The van der Waals surface area contributed by atoms with Crippen LogP contribution in [0.1, 0.15) is 24.5 Å². The summed E-state index contributed by atoms with van der Waals surface area (Å²) in [4.78, 5) is 7.67. The molecule has 6 heteroatoms. The van der Waals surface area contributed by atoms with Crippen LogP contribution in [0.5, 0.6) is 0 Å². The van der Waals surface area contributed by atoms with Crippen LogP contribution in [-0.4, -0.2) is 15.1 Å². The molecule has 0 amide bonds. The Bertz CT molecular complexity index is 488. The summed E-state index contributed by atoms with van der Waals surface area (Å²) in [6.45, 7) is 1.90. The first-order chi connectivity index (χ1) is 7.72. The Morgan fingerprint density at radius 2 is 2.38 bits per heavy atom. The third kappa shape index (κ3) is 2.04. The van der Waals surface area contributed by atoms with Crippen LogP contribution in [0.15, 0.2) is 23.0 Å². The lowest BCUT2D eigenvalue weighted by Crippen LogP contribution is -1.91. The molecule has 0 fully saturated rings. The van der Waals surface area contributed by atoms with Gasteiger partial charge in [0.25, 0.3) is 5.89 Å². The van der Waals surface area contributed by atoms with Crippen LogP contribution < -0.4 is 0 Å². The van der Waals surface area contributed by atoms with Crippen LogP contribution in [0.25, 0.3) is 11.5 Å². The lowest BCUT2D eigenvalue weighted by atomic mass is 10.2. The predicted molar refractivity (Wildman–Crippen MR) is 56.4 cm³/mol. The lowest BCUT2D eigenvalue weighted by Gasteiger charge is -1.96. The van der Waals surface area contributed by atoms with Crippen LogP contribution in [0.4, 0.5) is 4.39 Å². The van der Waals surface area contributed by atoms with Gasteiger partial charge in [-0.15, -0.1) is 11.6 Å². The molecule has 0 saturated carbocycles. The number of aromatic nitrogens is 3. The summed E-state index contributed by atoms with van der Waals surface area (Å²) in [7, 11) is 0. The zero-order chi connectivity index (χ0) is 11.5. The highest BCUT2D eigenvalue weighted by Crippen LogP contribution is 2.25. The molecule has 2 aromatic heterocycles. The van der Waals surface area contributed by atoms with Gasteiger partial charge in [-0.25, -0.2) is 4.39 Å². The second kappa shape index (κ2) is 4.57. The Labute approximate surface area is 96.5 Å². The predicted octanol–water partition coefficient (Wildman–Crippen LogP) is 2.96. The van der Waals surface area contributed by atoms with Gasteiger partial charge in [-0.3, -0.25) is 4.98 Å². The number of halogens is 2. The SMILES string of the molecule is CCC(Cl)c1noc(-c2ccncc2F)n1. The third-order valence-electron chi connectivity index (χ3n) is 2.08. The molecular weight excluding hydrogens is 233 g/mol. The molecular formula is C10H9ClFN3O. The van der Waals surface area contributed by atoms with Gasteiger partial charge in [0.05, 0.1) is 17.1 Å². The van der Waals surface area contributed by atoms with Crippen LogP contribution in [0.2, 0.25) is 0 Å². The van der Waals surface area contributed by atoms with Crippen molar-refractivity contribution in [3.63, 3.8) is 0 Å². The molecule has 0 spiro atoms. The number of pyridine rings is 1. The van der Waals surface area contributed by atoms with E-state index in [1.54, 1.807) is 0 Å². The summed E-state index contributed by atoms with van der Waals surface area (Å²) in [5.74, 6) is -0.00954. The van der Waals surface area contributed by atoms with Crippen molar-refractivity contribution in [3.8, 4) is 11.5 Å². The van der Waals surface area contributed by atoms with Crippen molar-refractivity contribution >= 4 is 11.6 Å². The standard InChI is InChI=1S/C10H9ClFN3O/c1-2-7(11)9-14-10(16-15-9)6-3-4-13-5-8(6)12/h3-5,7H,2H2,1H3. The Hall–Kier alpha value is -1.49. The second-order valence-electron chi connectivity index (χ2n) is 3.19. The van der Waals surface area contributed by atoms with E-state index in [-0.39, 0.29) is 16.8 Å². The third-order valence-corrected chi connectivity index (χ3v) is 2.59. The zero-order valence-electron chi connectivity index (χ0n) is 8.52. The van der Waals surface area contributed by atoms with E-state index in [0.29, 0.717) is 12.2 Å². The average Bonchev–Trinajstić information content (AvgIpc) is 2.78. The first-order valence-corrected chi connectivity index (χ1v) is 5.23. The number of hydrogen-bond acceptors (Lipinski definition) is 4. The van der Waals surface area contributed by atoms with E-state index in [9.17, 15) is 4.39 Å². The van der Waals surface area contributed by atoms with Gasteiger partial charge in [0.15, 0.2) is 11.6 Å². The van der Waals surface area contributed by atoms with Gasteiger partial charge in [-0.1, -0.05) is 12.1 Å². The number of rotatable bonds is 3. The van der Waals surface area contributed by atoms with E-state index in [0.717, 1.165) is 6.20 Å². The summed E-state index contributed by atoms with van der Waals surface area (Å²) in [6, 6.07) is 1.47.